The summed E-state index contributed by atoms with van der Waals surface area (Å²) in [6, 6.07) is 0. The number of allylic oxidation sites excluding steroid dienone is 2. The SMILES string of the molecule is [N-]=[N+]=NCCCCC[C@H](O)/C=C/[C@H]1[C@H](O)CC(=O)[C@@H]1C/C=C\CCCC(=O)NCCO. The van der Waals surface area contributed by atoms with E-state index >= 15 is 0 Å². The van der Waals surface area contributed by atoms with Crippen LogP contribution < -0.4 is 5.32 Å². The molecule has 0 saturated heterocycles. The van der Waals surface area contributed by atoms with Gasteiger partial charge in [0.05, 0.1) is 18.8 Å². The molecule has 0 bridgehead atoms. The lowest BCUT2D eigenvalue weighted by Gasteiger charge is -2.16. The van der Waals surface area contributed by atoms with E-state index in [2.05, 4.69) is 15.3 Å². The van der Waals surface area contributed by atoms with Crippen LogP contribution in [0.2, 0.25) is 0 Å². The van der Waals surface area contributed by atoms with Crippen molar-refractivity contribution in [3.63, 3.8) is 0 Å². The van der Waals surface area contributed by atoms with Gasteiger partial charge in [-0.3, -0.25) is 9.59 Å². The Morgan fingerprint density at radius 1 is 1.29 bits per heavy atom. The second kappa shape index (κ2) is 16.5. The molecule has 0 heterocycles. The highest BCUT2D eigenvalue weighted by Gasteiger charge is 2.39. The number of unbranched alkanes of at least 4 members (excludes halogenated alkanes) is 3. The molecular formula is C22H36N4O5. The summed E-state index contributed by atoms with van der Waals surface area (Å²) in [6.07, 6.45) is 11.4. The molecule has 9 heteroatoms. The highest BCUT2D eigenvalue weighted by Crippen LogP contribution is 2.33. The largest absolute Gasteiger partial charge is 0.395 e. The van der Waals surface area contributed by atoms with Crippen LogP contribution in [0.3, 0.4) is 0 Å². The van der Waals surface area contributed by atoms with Crippen molar-refractivity contribution in [1.82, 2.24) is 5.32 Å². The lowest BCUT2D eigenvalue weighted by molar-refractivity contribution is -0.122. The van der Waals surface area contributed by atoms with E-state index in [9.17, 15) is 19.8 Å². The van der Waals surface area contributed by atoms with E-state index in [1.165, 1.54) is 0 Å². The van der Waals surface area contributed by atoms with E-state index in [-0.39, 0.29) is 43.1 Å². The quantitative estimate of drug-likeness (QED) is 0.0962. The van der Waals surface area contributed by atoms with E-state index in [0.29, 0.717) is 32.2 Å². The molecule has 0 aliphatic heterocycles. The number of nitrogens with one attached hydrogen (secondary N) is 1. The van der Waals surface area contributed by atoms with Gasteiger partial charge in [-0.15, -0.1) is 0 Å². The molecule has 0 aromatic rings. The van der Waals surface area contributed by atoms with E-state index < -0.39 is 12.2 Å². The zero-order chi connectivity index (χ0) is 22.9. The summed E-state index contributed by atoms with van der Waals surface area (Å²) in [7, 11) is 0. The Morgan fingerprint density at radius 3 is 2.84 bits per heavy atom. The minimum Gasteiger partial charge on any atom is -0.395 e. The van der Waals surface area contributed by atoms with Gasteiger partial charge in [0.25, 0.3) is 0 Å². The number of amides is 1. The minimum absolute atomic E-state index is 0.0303. The fraction of sp³-hybridized carbons (Fsp3) is 0.727. The normalized spacial score (nSPS) is 22.2. The Hall–Kier alpha value is -2.19. The number of carbonyl (C=O) groups excluding carboxylic acids is 2. The number of hydrogen-bond acceptors (Lipinski definition) is 6. The third kappa shape index (κ3) is 11.7. The van der Waals surface area contributed by atoms with Crippen LogP contribution in [0.25, 0.3) is 10.4 Å². The van der Waals surface area contributed by atoms with Gasteiger partial charge in [-0.2, -0.15) is 0 Å². The lowest BCUT2D eigenvalue weighted by Crippen LogP contribution is -2.25. The molecule has 31 heavy (non-hydrogen) atoms. The summed E-state index contributed by atoms with van der Waals surface area (Å²) in [5.41, 5.74) is 8.22. The standard InChI is InChI=1S/C22H36N4O5/c23-26-25-13-7-3-4-8-17(28)11-12-19-18(20(29)16-21(19)30)9-5-1-2-6-10-22(31)24-14-15-27/h1,5,11-12,17-19,21,27-28,30H,2-4,6-10,13-16H2,(H,24,31)/b5-1-,12-11+/t17-,18+,19+,21+/m0/s1. The number of Topliss-reactive ketones (excluding diaryl/α,β-unsaturated/α-hetero) is 1. The maximum atomic E-state index is 12.2. The minimum atomic E-state index is -0.728. The molecule has 1 amide bonds. The molecule has 0 radical (unpaired) electrons. The third-order valence-corrected chi connectivity index (χ3v) is 5.37. The predicted molar refractivity (Wildman–Crippen MR) is 118 cm³/mol. The first-order valence-corrected chi connectivity index (χ1v) is 11.1. The lowest BCUT2D eigenvalue weighted by atomic mass is 9.90. The van der Waals surface area contributed by atoms with Crippen molar-refractivity contribution in [2.45, 2.75) is 70.0 Å². The average molecular weight is 437 g/mol. The third-order valence-electron chi connectivity index (χ3n) is 5.37. The number of carbonyl (C=O) groups is 2. The fourth-order valence-electron chi connectivity index (χ4n) is 3.66. The topological polar surface area (TPSA) is 156 Å². The van der Waals surface area contributed by atoms with Gasteiger partial charge >= 0.3 is 0 Å². The van der Waals surface area contributed by atoms with Gasteiger partial charge in [-0.1, -0.05) is 42.3 Å². The van der Waals surface area contributed by atoms with Crippen molar-refractivity contribution >= 4 is 11.7 Å². The zero-order valence-corrected chi connectivity index (χ0v) is 18.1. The van der Waals surface area contributed by atoms with Crippen LogP contribution in [0, 0.1) is 11.8 Å². The summed E-state index contributed by atoms with van der Waals surface area (Å²) in [4.78, 5) is 26.4. The number of ketones is 1. The summed E-state index contributed by atoms with van der Waals surface area (Å²) < 4.78 is 0. The molecule has 1 aliphatic rings. The van der Waals surface area contributed by atoms with Crippen molar-refractivity contribution in [2.24, 2.45) is 17.0 Å². The second-order valence-electron chi connectivity index (χ2n) is 7.85. The van der Waals surface area contributed by atoms with Crippen molar-refractivity contribution in [1.29, 1.82) is 0 Å². The Morgan fingerprint density at radius 2 is 2.10 bits per heavy atom. The predicted octanol–water partition coefficient (Wildman–Crippen LogP) is 2.57. The van der Waals surface area contributed by atoms with E-state index in [1.807, 2.05) is 12.2 Å². The van der Waals surface area contributed by atoms with Gasteiger partial charge in [-0.25, -0.2) is 0 Å². The number of azide groups is 1. The van der Waals surface area contributed by atoms with Crippen LogP contribution in [0.5, 0.6) is 0 Å². The molecule has 0 aromatic heterocycles. The Bertz CT molecular complexity index is 646. The molecule has 1 fully saturated rings. The molecular weight excluding hydrogens is 400 g/mol. The van der Waals surface area contributed by atoms with Crippen LogP contribution in [0.1, 0.15) is 57.8 Å². The highest BCUT2D eigenvalue weighted by molar-refractivity contribution is 5.84. The molecule has 1 rings (SSSR count). The number of rotatable bonds is 16. The molecule has 0 spiro atoms. The van der Waals surface area contributed by atoms with E-state index in [4.69, 9.17) is 10.6 Å². The van der Waals surface area contributed by atoms with Gasteiger partial charge < -0.3 is 20.6 Å². The molecule has 1 aliphatic carbocycles. The summed E-state index contributed by atoms with van der Waals surface area (Å²) >= 11 is 0. The van der Waals surface area contributed by atoms with Gasteiger partial charge in [0.1, 0.15) is 5.78 Å². The van der Waals surface area contributed by atoms with Crippen molar-refractivity contribution in [3.05, 3.63) is 34.7 Å². The number of hydrogen-bond donors (Lipinski definition) is 4. The van der Waals surface area contributed by atoms with Crippen molar-refractivity contribution in [2.75, 3.05) is 19.7 Å². The van der Waals surface area contributed by atoms with Gasteiger partial charge in [0.15, 0.2) is 0 Å². The second-order valence-corrected chi connectivity index (χ2v) is 7.85. The number of aliphatic hydroxyl groups excluding tert-OH is 3. The van der Waals surface area contributed by atoms with Crippen molar-refractivity contribution < 1.29 is 24.9 Å². The molecule has 0 unspecified atom stereocenters. The number of aliphatic hydroxyl groups is 3. The smallest absolute Gasteiger partial charge is 0.220 e. The summed E-state index contributed by atoms with van der Waals surface area (Å²) in [6.45, 7) is 0.658. The molecule has 4 atom stereocenters. The van der Waals surface area contributed by atoms with Gasteiger partial charge in [0.2, 0.25) is 5.91 Å². The first-order valence-electron chi connectivity index (χ1n) is 11.1. The highest BCUT2D eigenvalue weighted by atomic mass is 16.3. The van der Waals surface area contributed by atoms with Crippen LogP contribution in [-0.2, 0) is 9.59 Å². The van der Waals surface area contributed by atoms with Crippen LogP contribution >= 0.6 is 0 Å². The monoisotopic (exact) mass is 436 g/mol. The molecule has 0 aromatic carbocycles. The zero-order valence-electron chi connectivity index (χ0n) is 18.1. The molecule has 174 valence electrons. The van der Waals surface area contributed by atoms with Crippen LogP contribution in [0.4, 0.5) is 0 Å². The number of nitrogens with zero attached hydrogens (tertiary/aromatic N) is 3. The molecule has 1 saturated carbocycles. The summed E-state index contributed by atoms with van der Waals surface area (Å²) in [5.74, 6) is -0.661. The Balaban J connectivity index is 2.37. The maximum absolute atomic E-state index is 12.2. The molecule has 9 nitrogen and oxygen atoms in total. The van der Waals surface area contributed by atoms with Crippen LogP contribution in [0.15, 0.2) is 29.4 Å². The summed E-state index contributed by atoms with van der Waals surface area (Å²) in [5, 5.41) is 35.1. The van der Waals surface area contributed by atoms with Crippen molar-refractivity contribution in [3.8, 4) is 0 Å². The Kier molecular flexibility index (Phi) is 14.3. The van der Waals surface area contributed by atoms with E-state index in [0.717, 1.165) is 25.7 Å². The first-order chi connectivity index (χ1) is 15.0. The first kappa shape index (κ1) is 26.8. The van der Waals surface area contributed by atoms with Gasteiger partial charge in [-0.05, 0) is 37.6 Å². The van der Waals surface area contributed by atoms with Crippen LogP contribution in [-0.4, -0.2) is 58.9 Å². The van der Waals surface area contributed by atoms with Gasteiger partial charge in [0, 0.05) is 42.7 Å². The molecule has 4 N–H and O–H groups in total. The fourth-order valence-corrected chi connectivity index (χ4v) is 3.66. The average Bonchev–Trinajstić information content (AvgIpc) is 3.02. The Labute approximate surface area is 183 Å². The van der Waals surface area contributed by atoms with E-state index in [1.54, 1.807) is 12.2 Å². The maximum Gasteiger partial charge on any atom is 0.220 e.